The second-order valence-corrected chi connectivity index (χ2v) is 10.1. The highest BCUT2D eigenvalue weighted by Gasteiger charge is 2.60. The average molecular weight is 352 g/mol. The second-order valence-electron chi connectivity index (χ2n) is 10.1. The number of alkyl halides is 1. The summed E-state index contributed by atoms with van der Waals surface area (Å²) in [5.74, 6) is 1.75. The van der Waals surface area contributed by atoms with Gasteiger partial charge in [0.15, 0.2) is 5.78 Å². The van der Waals surface area contributed by atoms with Gasteiger partial charge in [-0.25, -0.2) is 4.39 Å². The summed E-state index contributed by atoms with van der Waals surface area (Å²) in [5, 5.41) is 19.8. The topological polar surface area (TPSA) is 57.5 Å². The fourth-order valence-electron chi connectivity index (χ4n) is 7.64. The molecule has 25 heavy (non-hydrogen) atoms. The van der Waals surface area contributed by atoms with E-state index in [-0.39, 0.29) is 29.6 Å². The van der Waals surface area contributed by atoms with Crippen molar-refractivity contribution in [3.8, 4) is 0 Å². The third-order valence-corrected chi connectivity index (χ3v) is 8.79. The van der Waals surface area contributed by atoms with Crippen molar-refractivity contribution in [2.24, 2.45) is 40.9 Å². The number of aliphatic hydroxyl groups excluding tert-OH is 1. The molecule has 4 aliphatic rings. The number of halogens is 1. The van der Waals surface area contributed by atoms with Crippen LogP contribution in [0.2, 0.25) is 0 Å². The smallest absolute Gasteiger partial charge is 0.161 e. The molecule has 4 heteroatoms. The van der Waals surface area contributed by atoms with Crippen molar-refractivity contribution in [2.75, 3.05) is 6.61 Å². The highest BCUT2D eigenvalue weighted by molar-refractivity contribution is 5.83. The van der Waals surface area contributed by atoms with Gasteiger partial charge in [0.1, 0.15) is 12.8 Å². The standard InChI is InChI=1S/C21H33FO3/c1-20(25)7-5-13-12-6-8-21(2)16(3-4-17(21)19(24)11-23)14(12)9-18(22)15(13)10-20/h12-18,23,25H,3-11H2,1-2H3/t12-,13-,14-,15?,16+,17-,18-,20-,21+/m1/s1. The van der Waals surface area contributed by atoms with E-state index in [4.69, 9.17) is 0 Å². The van der Waals surface area contributed by atoms with Crippen LogP contribution < -0.4 is 0 Å². The van der Waals surface area contributed by atoms with Crippen molar-refractivity contribution in [1.82, 2.24) is 0 Å². The van der Waals surface area contributed by atoms with Crippen LogP contribution in [-0.4, -0.2) is 34.4 Å². The minimum absolute atomic E-state index is 0.0114. The first-order valence-electron chi connectivity index (χ1n) is 10.3. The van der Waals surface area contributed by atoms with Gasteiger partial charge in [-0.05, 0) is 93.3 Å². The second kappa shape index (κ2) is 6.02. The maximum absolute atomic E-state index is 15.1. The Balaban J connectivity index is 1.58. The summed E-state index contributed by atoms with van der Waals surface area (Å²) in [5.41, 5.74) is -0.749. The lowest BCUT2D eigenvalue weighted by Gasteiger charge is -2.57. The maximum atomic E-state index is 15.1. The molecule has 0 heterocycles. The zero-order chi connectivity index (χ0) is 18.0. The molecule has 4 fully saturated rings. The zero-order valence-corrected chi connectivity index (χ0v) is 15.6. The zero-order valence-electron chi connectivity index (χ0n) is 15.6. The van der Waals surface area contributed by atoms with Gasteiger partial charge in [-0.1, -0.05) is 6.92 Å². The lowest BCUT2D eigenvalue weighted by atomic mass is 9.48. The SMILES string of the molecule is C[C@@]1(O)CC[C@H]2C(C1)[C@H](F)C[C@@H]1[C@@H]2CC[C@]2(C)[C@@H](C(=O)CO)CC[C@@H]12. The van der Waals surface area contributed by atoms with Crippen LogP contribution >= 0.6 is 0 Å². The van der Waals surface area contributed by atoms with Crippen LogP contribution in [0.3, 0.4) is 0 Å². The molecule has 1 unspecified atom stereocenters. The normalized spacial score (nSPS) is 55.2. The van der Waals surface area contributed by atoms with E-state index in [0.717, 1.165) is 38.5 Å². The Kier molecular flexibility index (Phi) is 4.31. The van der Waals surface area contributed by atoms with Crippen LogP contribution in [0.25, 0.3) is 0 Å². The number of carbonyl (C=O) groups excluding carboxylic acids is 1. The number of Topliss-reactive ketones (excluding diaryl/α,β-unsaturated/α-hetero) is 1. The van der Waals surface area contributed by atoms with E-state index in [1.54, 1.807) is 0 Å². The number of ketones is 1. The van der Waals surface area contributed by atoms with Crippen LogP contribution in [0.5, 0.6) is 0 Å². The number of rotatable bonds is 2. The molecule has 0 bridgehead atoms. The largest absolute Gasteiger partial charge is 0.390 e. The molecule has 142 valence electrons. The van der Waals surface area contributed by atoms with E-state index in [1.165, 1.54) is 0 Å². The van der Waals surface area contributed by atoms with Gasteiger partial charge in [0, 0.05) is 5.92 Å². The third kappa shape index (κ3) is 2.70. The third-order valence-electron chi connectivity index (χ3n) is 8.79. The van der Waals surface area contributed by atoms with Crippen LogP contribution in [-0.2, 0) is 4.79 Å². The van der Waals surface area contributed by atoms with Crippen molar-refractivity contribution >= 4 is 5.78 Å². The number of hydrogen-bond acceptors (Lipinski definition) is 3. The van der Waals surface area contributed by atoms with E-state index in [9.17, 15) is 15.0 Å². The van der Waals surface area contributed by atoms with Crippen molar-refractivity contribution < 1.29 is 19.4 Å². The molecule has 0 amide bonds. The van der Waals surface area contributed by atoms with E-state index in [0.29, 0.717) is 36.5 Å². The fraction of sp³-hybridized carbons (Fsp3) is 0.952. The minimum Gasteiger partial charge on any atom is -0.390 e. The summed E-state index contributed by atoms with van der Waals surface area (Å²) in [4.78, 5) is 12.2. The molecule has 4 rings (SSSR count). The maximum Gasteiger partial charge on any atom is 0.161 e. The molecular weight excluding hydrogens is 319 g/mol. The van der Waals surface area contributed by atoms with Gasteiger partial charge in [-0.3, -0.25) is 4.79 Å². The molecule has 4 saturated carbocycles. The first-order chi connectivity index (χ1) is 11.8. The number of aliphatic hydroxyl groups is 2. The van der Waals surface area contributed by atoms with E-state index < -0.39 is 11.8 Å². The van der Waals surface area contributed by atoms with Gasteiger partial charge in [0.05, 0.1) is 5.60 Å². The molecule has 0 aromatic heterocycles. The Labute approximate surface area is 150 Å². The van der Waals surface area contributed by atoms with Crippen molar-refractivity contribution in [2.45, 2.75) is 77.0 Å². The Hall–Kier alpha value is -0.480. The van der Waals surface area contributed by atoms with Gasteiger partial charge in [0.25, 0.3) is 0 Å². The Bertz CT molecular complexity index is 547. The van der Waals surface area contributed by atoms with Gasteiger partial charge in [-0.15, -0.1) is 0 Å². The molecular formula is C21H33FO3. The predicted molar refractivity (Wildman–Crippen MR) is 93.6 cm³/mol. The Morgan fingerprint density at radius 1 is 1.04 bits per heavy atom. The predicted octanol–water partition coefficient (Wildman–Crippen LogP) is 3.52. The summed E-state index contributed by atoms with van der Waals surface area (Å²) >= 11 is 0. The quantitative estimate of drug-likeness (QED) is 0.799. The molecule has 0 aromatic carbocycles. The highest BCUT2D eigenvalue weighted by Crippen LogP contribution is 2.65. The summed E-state index contributed by atoms with van der Waals surface area (Å²) in [6.45, 7) is 3.73. The first-order valence-corrected chi connectivity index (χ1v) is 10.3. The number of hydrogen-bond donors (Lipinski definition) is 2. The average Bonchev–Trinajstić information content (AvgIpc) is 2.91. The van der Waals surface area contributed by atoms with Gasteiger partial charge >= 0.3 is 0 Å². The first kappa shape index (κ1) is 17.9. The molecule has 0 radical (unpaired) electrons. The van der Waals surface area contributed by atoms with Crippen molar-refractivity contribution in [3.05, 3.63) is 0 Å². The lowest BCUT2D eigenvalue weighted by molar-refractivity contribution is -0.140. The molecule has 0 aromatic rings. The summed E-state index contributed by atoms with van der Waals surface area (Å²) in [6.07, 6.45) is 6.14. The van der Waals surface area contributed by atoms with Crippen LogP contribution in [0.4, 0.5) is 4.39 Å². The van der Waals surface area contributed by atoms with E-state index >= 15 is 4.39 Å². The van der Waals surface area contributed by atoms with Gasteiger partial charge in [-0.2, -0.15) is 0 Å². The summed E-state index contributed by atoms with van der Waals surface area (Å²) < 4.78 is 15.1. The van der Waals surface area contributed by atoms with Gasteiger partial charge < -0.3 is 10.2 Å². The molecule has 0 saturated heterocycles. The number of fused-ring (bicyclic) bond motifs is 5. The molecule has 9 atom stereocenters. The van der Waals surface area contributed by atoms with Crippen LogP contribution in [0.15, 0.2) is 0 Å². The molecule has 0 spiro atoms. The number of carbonyl (C=O) groups is 1. The Morgan fingerprint density at radius 2 is 1.72 bits per heavy atom. The van der Waals surface area contributed by atoms with E-state index in [1.807, 2.05) is 6.92 Å². The molecule has 4 aliphatic carbocycles. The Morgan fingerprint density at radius 3 is 2.44 bits per heavy atom. The van der Waals surface area contributed by atoms with E-state index in [2.05, 4.69) is 6.92 Å². The fourth-order valence-corrected chi connectivity index (χ4v) is 7.64. The molecule has 2 N–H and O–H groups in total. The molecule has 3 nitrogen and oxygen atoms in total. The summed E-state index contributed by atoms with van der Waals surface area (Å²) in [7, 11) is 0. The minimum atomic E-state index is -0.812. The van der Waals surface area contributed by atoms with Crippen LogP contribution in [0, 0.1) is 40.9 Å². The monoisotopic (exact) mass is 352 g/mol. The highest BCUT2D eigenvalue weighted by atomic mass is 19.1. The van der Waals surface area contributed by atoms with Gasteiger partial charge in [0.2, 0.25) is 0 Å². The van der Waals surface area contributed by atoms with Crippen molar-refractivity contribution in [1.29, 1.82) is 0 Å². The summed E-state index contributed by atoms with van der Waals surface area (Å²) in [6, 6.07) is 0. The van der Waals surface area contributed by atoms with Crippen molar-refractivity contribution in [3.63, 3.8) is 0 Å². The lowest BCUT2D eigenvalue weighted by Crippen LogP contribution is -2.54. The molecule has 0 aliphatic heterocycles. The van der Waals surface area contributed by atoms with Crippen LogP contribution in [0.1, 0.15) is 65.2 Å².